The van der Waals surface area contributed by atoms with Crippen LogP contribution in [0.2, 0.25) is 0 Å². The van der Waals surface area contributed by atoms with E-state index in [-0.39, 0.29) is 30.6 Å². The van der Waals surface area contributed by atoms with Crippen LogP contribution >= 0.6 is 0 Å². The smallest absolute Gasteiger partial charge is 0.377 e. The predicted octanol–water partition coefficient (Wildman–Crippen LogP) is 4.20. The SMILES string of the molecule is C=CC(=O)N1CCOC[C@H](n2c(NC(=O)c3cccc(C(F)(F)F)c3)nc3cccc(C)c32)C1. The number of imidazole rings is 1. The summed E-state index contributed by atoms with van der Waals surface area (Å²) in [7, 11) is 0. The van der Waals surface area contributed by atoms with Crippen molar-refractivity contribution in [3.05, 3.63) is 71.8 Å². The first-order valence-corrected chi connectivity index (χ1v) is 10.6. The Balaban J connectivity index is 1.75. The molecule has 0 aliphatic carbocycles. The summed E-state index contributed by atoms with van der Waals surface area (Å²) in [5.74, 6) is -0.812. The van der Waals surface area contributed by atoms with E-state index in [2.05, 4.69) is 16.9 Å². The third kappa shape index (κ3) is 4.67. The highest BCUT2D eigenvalue weighted by Crippen LogP contribution is 2.31. The van der Waals surface area contributed by atoms with Gasteiger partial charge in [0, 0.05) is 18.7 Å². The number of hydrogen-bond donors (Lipinski definition) is 1. The molecule has 1 atom stereocenters. The van der Waals surface area contributed by atoms with E-state index < -0.39 is 23.7 Å². The van der Waals surface area contributed by atoms with Crippen LogP contribution in [0.5, 0.6) is 0 Å². The number of nitrogens with zero attached hydrogens (tertiary/aromatic N) is 3. The van der Waals surface area contributed by atoms with Crippen LogP contribution in [0.4, 0.5) is 19.1 Å². The fraction of sp³-hybridized carbons (Fsp3) is 0.292. The third-order valence-corrected chi connectivity index (χ3v) is 5.69. The number of para-hydroxylation sites is 1. The number of carbonyl (C=O) groups is 2. The summed E-state index contributed by atoms with van der Waals surface area (Å²) in [5.41, 5.74) is 1.16. The molecular formula is C24H23F3N4O3. The molecule has 2 heterocycles. The number of hydrogen-bond acceptors (Lipinski definition) is 4. The number of fused-ring (bicyclic) bond motifs is 1. The minimum absolute atomic E-state index is 0.147. The van der Waals surface area contributed by atoms with Gasteiger partial charge in [-0.1, -0.05) is 24.8 Å². The molecule has 1 aromatic heterocycles. The van der Waals surface area contributed by atoms with Crippen LogP contribution in [0.15, 0.2) is 55.1 Å². The number of aromatic nitrogens is 2. The Bertz CT molecular complexity index is 1250. The van der Waals surface area contributed by atoms with Crippen molar-refractivity contribution in [3.63, 3.8) is 0 Å². The van der Waals surface area contributed by atoms with E-state index in [1.807, 2.05) is 19.1 Å². The molecule has 1 N–H and O–H groups in total. The number of ether oxygens (including phenoxy) is 1. The molecule has 1 aliphatic heterocycles. The molecular weight excluding hydrogens is 449 g/mol. The number of carbonyl (C=O) groups excluding carboxylic acids is 2. The van der Waals surface area contributed by atoms with Crippen molar-refractivity contribution in [1.82, 2.24) is 14.5 Å². The van der Waals surface area contributed by atoms with Gasteiger partial charge in [0.05, 0.1) is 35.9 Å². The Hall–Kier alpha value is -3.66. The summed E-state index contributed by atoms with van der Waals surface area (Å²) in [4.78, 5) is 31.4. The van der Waals surface area contributed by atoms with Crippen LogP contribution in [0.1, 0.15) is 27.5 Å². The maximum atomic E-state index is 13.1. The summed E-state index contributed by atoms with van der Waals surface area (Å²) >= 11 is 0. The van der Waals surface area contributed by atoms with E-state index in [4.69, 9.17) is 4.74 Å². The molecule has 34 heavy (non-hydrogen) atoms. The Labute approximate surface area is 193 Å². The van der Waals surface area contributed by atoms with Crippen molar-refractivity contribution in [2.75, 3.05) is 31.6 Å². The van der Waals surface area contributed by atoms with Crippen LogP contribution in [-0.4, -0.2) is 52.6 Å². The minimum atomic E-state index is -4.57. The lowest BCUT2D eigenvalue weighted by Gasteiger charge is -2.25. The van der Waals surface area contributed by atoms with Crippen molar-refractivity contribution >= 4 is 28.8 Å². The highest BCUT2D eigenvalue weighted by molar-refractivity contribution is 6.04. The van der Waals surface area contributed by atoms with Gasteiger partial charge in [-0.15, -0.1) is 0 Å². The van der Waals surface area contributed by atoms with Crippen LogP contribution in [0.3, 0.4) is 0 Å². The molecule has 1 aliphatic rings. The molecule has 0 saturated carbocycles. The van der Waals surface area contributed by atoms with E-state index in [0.717, 1.165) is 23.2 Å². The van der Waals surface area contributed by atoms with Crippen LogP contribution in [0.25, 0.3) is 11.0 Å². The average molecular weight is 472 g/mol. The number of anilines is 1. The number of benzene rings is 2. The van der Waals surface area contributed by atoms with Crippen LogP contribution in [0, 0.1) is 6.92 Å². The molecule has 0 radical (unpaired) electrons. The van der Waals surface area contributed by atoms with Crippen molar-refractivity contribution in [2.24, 2.45) is 0 Å². The van der Waals surface area contributed by atoms with Gasteiger partial charge < -0.3 is 14.2 Å². The Morgan fingerprint density at radius 2 is 2.00 bits per heavy atom. The lowest BCUT2D eigenvalue weighted by Crippen LogP contribution is -2.36. The molecule has 0 bridgehead atoms. The number of rotatable bonds is 4. The number of alkyl halides is 3. The normalized spacial score (nSPS) is 16.8. The first-order chi connectivity index (χ1) is 16.2. The lowest BCUT2D eigenvalue weighted by atomic mass is 10.1. The summed E-state index contributed by atoms with van der Waals surface area (Å²) in [6.07, 6.45) is -3.34. The second-order valence-corrected chi connectivity index (χ2v) is 8.00. The molecule has 10 heteroatoms. The Kier molecular flexibility index (Phi) is 6.43. The highest BCUT2D eigenvalue weighted by atomic mass is 19.4. The fourth-order valence-corrected chi connectivity index (χ4v) is 4.05. The summed E-state index contributed by atoms with van der Waals surface area (Å²) < 4.78 is 46.9. The first-order valence-electron chi connectivity index (χ1n) is 10.6. The van der Waals surface area contributed by atoms with Crippen molar-refractivity contribution in [3.8, 4) is 0 Å². The van der Waals surface area contributed by atoms with Crippen molar-refractivity contribution in [1.29, 1.82) is 0 Å². The second-order valence-electron chi connectivity index (χ2n) is 8.00. The standard InChI is InChI=1S/C24H23F3N4O3/c1-3-20(32)30-10-11-34-14-18(13-30)31-21-15(2)6-4-9-19(21)28-23(31)29-22(33)16-7-5-8-17(12-16)24(25,26)27/h3-9,12,18H,1,10-11,13-14H2,2H3,(H,28,29,33)/t18-/m1/s1. The molecule has 1 saturated heterocycles. The topological polar surface area (TPSA) is 76.5 Å². The lowest BCUT2D eigenvalue weighted by molar-refractivity contribution is -0.137. The number of amides is 2. The van der Waals surface area contributed by atoms with E-state index in [0.29, 0.717) is 18.7 Å². The van der Waals surface area contributed by atoms with Gasteiger partial charge in [0.2, 0.25) is 11.9 Å². The molecule has 1 fully saturated rings. The summed E-state index contributed by atoms with van der Waals surface area (Å²) in [6, 6.07) is 9.30. The van der Waals surface area contributed by atoms with Gasteiger partial charge in [0.1, 0.15) is 0 Å². The zero-order valence-electron chi connectivity index (χ0n) is 18.4. The maximum Gasteiger partial charge on any atom is 0.416 e. The van der Waals surface area contributed by atoms with Gasteiger partial charge in [-0.05, 0) is 42.8 Å². The quantitative estimate of drug-likeness (QED) is 0.578. The van der Waals surface area contributed by atoms with E-state index in [1.165, 1.54) is 18.2 Å². The highest BCUT2D eigenvalue weighted by Gasteiger charge is 2.31. The monoisotopic (exact) mass is 472 g/mol. The summed E-state index contributed by atoms with van der Waals surface area (Å²) in [6.45, 7) is 6.71. The Morgan fingerprint density at radius 1 is 1.24 bits per heavy atom. The van der Waals surface area contributed by atoms with Gasteiger partial charge in [-0.2, -0.15) is 13.2 Å². The molecule has 4 rings (SSSR count). The fourth-order valence-electron chi connectivity index (χ4n) is 4.05. The molecule has 2 amide bonds. The maximum absolute atomic E-state index is 13.1. The molecule has 7 nitrogen and oxygen atoms in total. The number of halogens is 3. The van der Waals surface area contributed by atoms with E-state index >= 15 is 0 Å². The van der Waals surface area contributed by atoms with Crippen LogP contribution in [-0.2, 0) is 15.7 Å². The number of nitrogens with one attached hydrogen (secondary N) is 1. The second kappa shape index (κ2) is 9.30. The van der Waals surface area contributed by atoms with Gasteiger partial charge in [-0.3, -0.25) is 14.9 Å². The van der Waals surface area contributed by atoms with Gasteiger partial charge in [0.15, 0.2) is 0 Å². The zero-order chi connectivity index (χ0) is 24.5. The third-order valence-electron chi connectivity index (χ3n) is 5.69. The predicted molar refractivity (Wildman–Crippen MR) is 121 cm³/mol. The minimum Gasteiger partial charge on any atom is -0.377 e. The van der Waals surface area contributed by atoms with E-state index in [9.17, 15) is 22.8 Å². The van der Waals surface area contributed by atoms with Crippen LogP contribution < -0.4 is 5.32 Å². The molecule has 3 aromatic rings. The van der Waals surface area contributed by atoms with Crippen molar-refractivity contribution in [2.45, 2.75) is 19.1 Å². The average Bonchev–Trinajstić information content (AvgIpc) is 3.00. The molecule has 178 valence electrons. The first kappa shape index (κ1) is 23.5. The van der Waals surface area contributed by atoms with Gasteiger partial charge in [0.25, 0.3) is 5.91 Å². The number of aryl methyl sites for hydroxylation is 1. The van der Waals surface area contributed by atoms with E-state index in [1.54, 1.807) is 15.5 Å². The van der Waals surface area contributed by atoms with Gasteiger partial charge in [-0.25, -0.2) is 4.98 Å². The largest absolute Gasteiger partial charge is 0.416 e. The zero-order valence-corrected chi connectivity index (χ0v) is 18.4. The molecule has 2 aromatic carbocycles. The molecule has 0 unspecified atom stereocenters. The Morgan fingerprint density at radius 3 is 2.74 bits per heavy atom. The molecule has 0 spiro atoms. The van der Waals surface area contributed by atoms with Gasteiger partial charge >= 0.3 is 6.18 Å². The summed E-state index contributed by atoms with van der Waals surface area (Å²) in [5, 5.41) is 2.66. The van der Waals surface area contributed by atoms with Crippen molar-refractivity contribution < 1.29 is 27.5 Å².